The van der Waals surface area contributed by atoms with Crippen molar-refractivity contribution >= 4 is 5.96 Å². The van der Waals surface area contributed by atoms with Crippen LogP contribution in [0.15, 0.2) is 4.99 Å². The van der Waals surface area contributed by atoms with Gasteiger partial charge in [-0.05, 0) is 25.9 Å². The standard InChI is InChI=1S/C8H18N4O/c9-8(11-13)10-4-7-12-5-2-1-3-6-12/h13H,1-7H2,(H3,9,10,11). The number of hydrogen-bond donors (Lipinski definition) is 3. The van der Waals surface area contributed by atoms with E-state index < -0.39 is 0 Å². The Labute approximate surface area is 78.6 Å². The Hall–Kier alpha value is -0.810. The maximum Gasteiger partial charge on any atom is 0.212 e. The summed E-state index contributed by atoms with van der Waals surface area (Å²) in [4.78, 5) is 6.30. The number of guanidine groups is 1. The number of hydrogen-bond acceptors (Lipinski definition) is 3. The second-order valence-corrected chi connectivity index (χ2v) is 3.28. The molecular weight excluding hydrogens is 168 g/mol. The lowest BCUT2D eigenvalue weighted by atomic mass is 10.1. The third-order valence-corrected chi connectivity index (χ3v) is 2.26. The number of aliphatic imine (C=N–C) groups is 1. The molecule has 0 aromatic rings. The zero-order valence-electron chi connectivity index (χ0n) is 7.87. The minimum absolute atomic E-state index is 0.0945. The monoisotopic (exact) mass is 186 g/mol. The molecule has 0 radical (unpaired) electrons. The van der Waals surface area contributed by atoms with Gasteiger partial charge in [-0.3, -0.25) is 10.2 Å². The molecule has 13 heavy (non-hydrogen) atoms. The van der Waals surface area contributed by atoms with Crippen LogP contribution in [0.2, 0.25) is 0 Å². The zero-order valence-corrected chi connectivity index (χ0v) is 7.87. The zero-order chi connectivity index (χ0) is 9.52. The molecule has 1 aliphatic rings. The molecule has 5 nitrogen and oxygen atoms in total. The molecule has 1 aliphatic heterocycles. The maximum absolute atomic E-state index is 8.35. The van der Waals surface area contributed by atoms with E-state index in [2.05, 4.69) is 9.89 Å². The van der Waals surface area contributed by atoms with Crippen molar-refractivity contribution in [2.24, 2.45) is 10.7 Å². The summed E-state index contributed by atoms with van der Waals surface area (Å²) >= 11 is 0. The van der Waals surface area contributed by atoms with E-state index in [1.165, 1.54) is 32.4 Å². The van der Waals surface area contributed by atoms with E-state index in [1.54, 1.807) is 0 Å². The number of nitrogens with two attached hydrogens (primary N) is 1. The van der Waals surface area contributed by atoms with E-state index in [-0.39, 0.29) is 5.96 Å². The first kappa shape index (κ1) is 10.3. The van der Waals surface area contributed by atoms with Crippen LogP contribution in [0.1, 0.15) is 19.3 Å². The predicted octanol–water partition coefficient (Wildman–Crippen LogP) is -0.234. The van der Waals surface area contributed by atoms with Gasteiger partial charge in [-0.2, -0.15) is 0 Å². The van der Waals surface area contributed by atoms with Crippen molar-refractivity contribution in [3.05, 3.63) is 0 Å². The smallest absolute Gasteiger partial charge is 0.212 e. The molecule has 0 aromatic heterocycles. The molecule has 1 heterocycles. The summed E-state index contributed by atoms with van der Waals surface area (Å²) in [6.45, 7) is 3.92. The topological polar surface area (TPSA) is 73.9 Å². The third-order valence-electron chi connectivity index (χ3n) is 2.26. The normalized spacial score (nSPS) is 20.2. The molecule has 5 heteroatoms. The Bertz CT molecular complexity index is 166. The summed E-state index contributed by atoms with van der Waals surface area (Å²) in [7, 11) is 0. The molecule has 0 unspecified atom stereocenters. The van der Waals surface area contributed by atoms with Crippen molar-refractivity contribution in [2.45, 2.75) is 19.3 Å². The number of likely N-dealkylation sites (tertiary alicyclic amines) is 1. The Balaban J connectivity index is 2.10. The van der Waals surface area contributed by atoms with Crippen molar-refractivity contribution in [3.8, 4) is 0 Å². The van der Waals surface area contributed by atoms with Crippen LogP contribution < -0.4 is 11.2 Å². The van der Waals surface area contributed by atoms with Crippen molar-refractivity contribution in [1.82, 2.24) is 10.4 Å². The van der Waals surface area contributed by atoms with Gasteiger partial charge in [0.15, 0.2) is 0 Å². The van der Waals surface area contributed by atoms with Gasteiger partial charge in [-0.25, -0.2) is 5.48 Å². The number of piperidine rings is 1. The minimum atomic E-state index is 0.0945. The summed E-state index contributed by atoms with van der Waals surface area (Å²) in [5.41, 5.74) is 7.07. The van der Waals surface area contributed by atoms with Gasteiger partial charge in [0.1, 0.15) is 0 Å². The van der Waals surface area contributed by atoms with E-state index in [0.29, 0.717) is 6.54 Å². The second kappa shape index (κ2) is 5.77. The van der Waals surface area contributed by atoms with Crippen LogP contribution in [-0.4, -0.2) is 42.2 Å². The summed E-state index contributed by atoms with van der Waals surface area (Å²) in [5.74, 6) is 0.0945. The Morgan fingerprint density at radius 2 is 2.08 bits per heavy atom. The largest absolute Gasteiger partial charge is 0.368 e. The molecule has 76 valence electrons. The van der Waals surface area contributed by atoms with Crippen molar-refractivity contribution < 1.29 is 5.21 Å². The van der Waals surface area contributed by atoms with Gasteiger partial charge in [-0.15, -0.1) is 0 Å². The van der Waals surface area contributed by atoms with Crippen LogP contribution >= 0.6 is 0 Å². The minimum Gasteiger partial charge on any atom is -0.368 e. The maximum atomic E-state index is 8.35. The Morgan fingerprint density at radius 1 is 1.38 bits per heavy atom. The van der Waals surface area contributed by atoms with Gasteiger partial charge in [0.05, 0.1) is 6.54 Å². The lowest BCUT2D eigenvalue weighted by Crippen LogP contribution is -2.33. The molecule has 1 saturated heterocycles. The van der Waals surface area contributed by atoms with E-state index in [4.69, 9.17) is 10.9 Å². The lowest BCUT2D eigenvalue weighted by molar-refractivity contribution is 0.227. The van der Waals surface area contributed by atoms with Gasteiger partial charge >= 0.3 is 0 Å². The molecular formula is C8H18N4O. The molecule has 1 fully saturated rings. The summed E-state index contributed by atoms with van der Waals surface area (Å²) in [6, 6.07) is 0. The van der Waals surface area contributed by atoms with Gasteiger partial charge in [-0.1, -0.05) is 6.42 Å². The molecule has 0 spiro atoms. The van der Waals surface area contributed by atoms with Crippen LogP contribution in [-0.2, 0) is 0 Å². The van der Waals surface area contributed by atoms with Crippen LogP contribution in [0, 0.1) is 0 Å². The molecule has 0 aromatic carbocycles. The molecule has 1 rings (SSSR count). The van der Waals surface area contributed by atoms with E-state index in [1.807, 2.05) is 5.48 Å². The SMILES string of the molecule is NC(=NCCN1CCCCC1)NO. The summed E-state index contributed by atoms with van der Waals surface area (Å²) in [5, 5.41) is 8.35. The van der Waals surface area contributed by atoms with Crippen molar-refractivity contribution in [2.75, 3.05) is 26.2 Å². The fourth-order valence-corrected chi connectivity index (χ4v) is 1.53. The van der Waals surface area contributed by atoms with Crippen LogP contribution in [0.4, 0.5) is 0 Å². The quantitative estimate of drug-likeness (QED) is 0.323. The van der Waals surface area contributed by atoms with Crippen molar-refractivity contribution in [3.63, 3.8) is 0 Å². The Kier molecular flexibility index (Phi) is 4.56. The molecule has 0 saturated carbocycles. The van der Waals surface area contributed by atoms with Crippen molar-refractivity contribution in [1.29, 1.82) is 0 Å². The van der Waals surface area contributed by atoms with Crippen LogP contribution in [0.25, 0.3) is 0 Å². The summed E-state index contributed by atoms with van der Waals surface area (Å²) in [6.07, 6.45) is 3.93. The molecule has 0 amide bonds. The number of rotatable bonds is 3. The first-order chi connectivity index (χ1) is 6.33. The Morgan fingerprint density at radius 3 is 2.69 bits per heavy atom. The van der Waals surface area contributed by atoms with Crippen LogP contribution in [0.3, 0.4) is 0 Å². The highest BCUT2D eigenvalue weighted by Gasteiger charge is 2.08. The number of nitrogens with one attached hydrogen (secondary N) is 1. The second-order valence-electron chi connectivity index (χ2n) is 3.28. The number of nitrogens with zero attached hydrogens (tertiary/aromatic N) is 2. The van der Waals surface area contributed by atoms with Gasteiger partial charge in [0.2, 0.25) is 5.96 Å². The highest BCUT2D eigenvalue weighted by atomic mass is 16.5. The average Bonchev–Trinajstić information content (AvgIpc) is 2.19. The first-order valence-electron chi connectivity index (χ1n) is 4.75. The summed E-state index contributed by atoms with van der Waals surface area (Å²) < 4.78 is 0. The average molecular weight is 186 g/mol. The molecule has 0 aliphatic carbocycles. The first-order valence-corrected chi connectivity index (χ1v) is 4.75. The van der Waals surface area contributed by atoms with Gasteiger partial charge in [0, 0.05) is 6.54 Å². The van der Waals surface area contributed by atoms with Gasteiger partial charge in [0.25, 0.3) is 0 Å². The van der Waals surface area contributed by atoms with E-state index >= 15 is 0 Å². The highest BCUT2D eigenvalue weighted by Crippen LogP contribution is 2.07. The van der Waals surface area contributed by atoms with Crippen LogP contribution in [0.5, 0.6) is 0 Å². The van der Waals surface area contributed by atoms with E-state index in [0.717, 1.165) is 6.54 Å². The predicted molar refractivity (Wildman–Crippen MR) is 51.7 cm³/mol. The lowest BCUT2D eigenvalue weighted by Gasteiger charge is -2.25. The molecule has 0 bridgehead atoms. The highest BCUT2D eigenvalue weighted by molar-refractivity contribution is 5.76. The number of hydroxylamine groups is 1. The molecule has 0 atom stereocenters. The van der Waals surface area contributed by atoms with E-state index in [9.17, 15) is 0 Å². The fourth-order valence-electron chi connectivity index (χ4n) is 1.53. The third kappa shape index (κ3) is 4.10. The molecule has 4 N–H and O–H groups in total. The van der Waals surface area contributed by atoms with Gasteiger partial charge < -0.3 is 10.6 Å². The fraction of sp³-hybridized carbons (Fsp3) is 0.875.